The van der Waals surface area contributed by atoms with Crippen molar-refractivity contribution >= 4 is 5.97 Å². The number of hydrogen-bond acceptors (Lipinski definition) is 4. The number of rotatable bonds is 1. The molecule has 11 heavy (non-hydrogen) atoms. The predicted molar refractivity (Wildman–Crippen MR) is 39.1 cm³/mol. The molecule has 2 N–H and O–H groups in total. The maximum atomic E-state index is 11.0. The lowest BCUT2D eigenvalue weighted by molar-refractivity contribution is -0.163. The molecule has 1 saturated heterocycles. The van der Waals surface area contributed by atoms with Crippen LogP contribution in [0.4, 0.5) is 0 Å². The Morgan fingerprint density at radius 3 is 2.91 bits per heavy atom. The number of nitrogens with one attached hydrogen (secondary N) is 1. The second-order valence-electron chi connectivity index (χ2n) is 2.80. The number of carbonyl (C=O) groups is 1. The van der Waals surface area contributed by atoms with E-state index >= 15 is 0 Å². The van der Waals surface area contributed by atoms with Crippen molar-refractivity contribution in [2.75, 3.05) is 20.2 Å². The number of methoxy groups -OCH3 is 1. The highest BCUT2D eigenvalue weighted by atomic mass is 16.5. The van der Waals surface area contributed by atoms with Gasteiger partial charge >= 0.3 is 5.97 Å². The van der Waals surface area contributed by atoms with Crippen molar-refractivity contribution in [3.8, 4) is 0 Å². The van der Waals surface area contributed by atoms with E-state index in [2.05, 4.69) is 10.1 Å². The molecule has 0 aromatic heterocycles. The van der Waals surface area contributed by atoms with Crippen LogP contribution in [0.5, 0.6) is 0 Å². The minimum Gasteiger partial charge on any atom is -0.467 e. The van der Waals surface area contributed by atoms with Gasteiger partial charge in [0.2, 0.25) is 0 Å². The van der Waals surface area contributed by atoms with E-state index in [4.69, 9.17) is 0 Å². The van der Waals surface area contributed by atoms with Gasteiger partial charge in [0.15, 0.2) is 5.60 Å². The fourth-order valence-corrected chi connectivity index (χ4v) is 1.25. The summed E-state index contributed by atoms with van der Waals surface area (Å²) in [6, 6.07) is 0. The van der Waals surface area contributed by atoms with Gasteiger partial charge in [-0.25, -0.2) is 4.79 Å². The molecule has 0 radical (unpaired) electrons. The number of esters is 1. The molecule has 0 aliphatic carbocycles. The van der Waals surface area contributed by atoms with E-state index in [9.17, 15) is 9.90 Å². The van der Waals surface area contributed by atoms with E-state index in [0.717, 1.165) is 13.0 Å². The highest BCUT2D eigenvalue weighted by molar-refractivity contribution is 5.79. The lowest BCUT2D eigenvalue weighted by Gasteiger charge is -2.29. The number of hydrogen-bond donors (Lipinski definition) is 2. The van der Waals surface area contributed by atoms with Crippen molar-refractivity contribution in [3.63, 3.8) is 0 Å². The first-order valence-corrected chi connectivity index (χ1v) is 3.70. The van der Waals surface area contributed by atoms with Crippen LogP contribution in [0.2, 0.25) is 0 Å². The summed E-state index contributed by atoms with van der Waals surface area (Å²) >= 11 is 0. The van der Waals surface area contributed by atoms with Crippen LogP contribution in [0.15, 0.2) is 0 Å². The average molecular weight is 159 g/mol. The third-order valence-corrected chi connectivity index (χ3v) is 1.93. The maximum Gasteiger partial charge on any atom is 0.339 e. The molecule has 1 aliphatic heterocycles. The first-order chi connectivity index (χ1) is 5.19. The minimum absolute atomic E-state index is 0.305. The lowest BCUT2D eigenvalue weighted by Crippen LogP contribution is -2.51. The number of β-amino-alcohol motifs (C(OH)–C–C–N with tert-alkyl or cyclic N) is 1. The molecule has 1 rings (SSSR count). The van der Waals surface area contributed by atoms with Gasteiger partial charge in [-0.2, -0.15) is 0 Å². The fourth-order valence-electron chi connectivity index (χ4n) is 1.25. The van der Waals surface area contributed by atoms with E-state index < -0.39 is 11.6 Å². The summed E-state index contributed by atoms with van der Waals surface area (Å²) < 4.78 is 4.46. The molecule has 0 aromatic rings. The summed E-state index contributed by atoms with van der Waals surface area (Å²) in [6.45, 7) is 1.17. The van der Waals surface area contributed by atoms with Crippen LogP contribution in [0, 0.1) is 0 Å². The highest BCUT2D eigenvalue weighted by Gasteiger charge is 2.38. The Kier molecular flexibility index (Phi) is 2.46. The quantitative estimate of drug-likeness (QED) is 0.495. The third kappa shape index (κ3) is 1.70. The van der Waals surface area contributed by atoms with E-state index in [0.29, 0.717) is 13.0 Å². The molecule has 0 spiro atoms. The third-order valence-electron chi connectivity index (χ3n) is 1.93. The molecule has 1 fully saturated rings. The van der Waals surface area contributed by atoms with Gasteiger partial charge in [0.25, 0.3) is 0 Å². The van der Waals surface area contributed by atoms with Gasteiger partial charge < -0.3 is 15.2 Å². The Morgan fingerprint density at radius 2 is 2.45 bits per heavy atom. The van der Waals surface area contributed by atoms with Crippen molar-refractivity contribution in [2.45, 2.75) is 18.4 Å². The Hall–Kier alpha value is -0.610. The SMILES string of the molecule is COC(=O)[C@@]1(O)CCCNC1. The molecule has 4 nitrogen and oxygen atoms in total. The second kappa shape index (κ2) is 3.19. The molecule has 0 amide bonds. The summed E-state index contributed by atoms with van der Waals surface area (Å²) in [5.74, 6) is -0.537. The van der Waals surface area contributed by atoms with Crippen molar-refractivity contribution in [2.24, 2.45) is 0 Å². The van der Waals surface area contributed by atoms with E-state index in [1.165, 1.54) is 7.11 Å². The number of ether oxygens (including phenoxy) is 1. The van der Waals surface area contributed by atoms with Crippen LogP contribution in [-0.2, 0) is 9.53 Å². The molecule has 1 heterocycles. The molecular formula is C7H13NO3. The molecule has 0 saturated carbocycles. The number of carbonyl (C=O) groups excluding carboxylic acids is 1. The van der Waals surface area contributed by atoms with E-state index in [1.54, 1.807) is 0 Å². The number of aliphatic hydroxyl groups is 1. The lowest BCUT2D eigenvalue weighted by atomic mass is 9.94. The van der Waals surface area contributed by atoms with Crippen LogP contribution in [0.3, 0.4) is 0 Å². The predicted octanol–water partition coefficient (Wildman–Crippen LogP) is -0.726. The Labute approximate surface area is 65.5 Å². The molecular weight excluding hydrogens is 146 g/mol. The zero-order valence-electron chi connectivity index (χ0n) is 6.59. The Bertz CT molecular complexity index is 152. The monoisotopic (exact) mass is 159 g/mol. The van der Waals surface area contributed by atoms with Gasteiger partial charge in [-0.05, 0) is 19.4 Å². The minimum atomic E-state index is -1.28. The molecule has 1 atom stereocenters. The van der Waals surface area contributed by atoms with Crippen LogP contribution in [0.1, 0.15) is 12.8 Å². The molecule has 4 heteroatoms. The Balaban J connectivity index is 2.56. The first-order valence-electron chi connectivity index (χ1n) is 3.70. The van der Waals surface area contributed by atoms with Crippen LogP contribution >= 0.6 is 0 Å². The van der Waals surface area contributed by atoms with Gasteiger partial charge in [0.05, 0.1) is 7.11 Å². The van der Waals surface area contributed by atoms with Crippen LogP contribution in [0.25, 0.3) is 0 Å². The average Bonchev–Trinajstić information content (AvgIpc) is 2.04. The van der Waals surface area contributed by atoms with Crippen molar-refractivity contribution in [3.05, 3.63) is 0 Å². The van der Waals surface area contributed by atoms with Crippen molar-refractivity contribution in [1.29, 1.82) is 0 Å². The van der Waals surface area contributed by atoms with Gasteiger partial charge in [-0.3, -0.25) is 0 Å². The van der Waals surface area contributed by atoms with Gasteiger partial charge in [-0.1, -0.05) is 0 Å². The first kappa shape index (κ1) is 8.49. The molecule has 0 bridgehead atoms. The molecule has 1 aliphatic rings. The van der Waals surface area contributed by atoms with Crippen molar-refractivity contribution in [1.82, 2.24) is 5.32 Å². The van der Waals surface area contributed by atoms with Crippen LogP contribution in [-0.4, -0.2) is 36.9 Å². The van der Waals surface area contributed by atoms with E-state index in [1.807, 2.05) is 0 Å². The van der Waals surface area contributed by atoms with E-state index in [-0.39, 0.29) is 0 Å². The number of piperidine rings is 1. The summed E-state index contributed by atoms with van der Waals surface area (Å²) in [7, 11) is 1.29. The van der Waals surface area contributed by atoms with Crippen molar-refractivity contribution < 1.29 is 14.6 Å². The zero-order valence-corrected chi connectivity index (χ0v) is 6.59. The normalized spacial score (nSPS) is 31.5. The summed E-state index contributed by atoms with van der Waals surface area (Å²) in [5.41, 5.74) is -1.28. The maximum absolute atomic E-state index is 11.0. The highest BCUT2D eigenvalue weighted by Crippen LogP contribution is 2.16. The smallest absolute Gasteiger partial charge is 0.339 e. The molecule has 64 valence electrons. The topological polar surface area (TPSA) is 58.6 Å². The van der Waals surface area contributed by atoms with Gasteiger partial charge in [0, 0.05) is 6.54 Å². The largest absolute Gasteiger partial charge is 0.467 e. The van der Waals surface area contributed by atoms with Gasteiger partial charge in [-0.15, -0.1) is 0 Å². The summed E-state index contributed by atoms with van der Waals surface area (Å²) in [4.78, 5) is 11.0. The second-order valence-corrected chi connectivity index (χ2v) is 2.80. The van der Waals surface area contributed by atoms with Crippen LogP contribution < -0.4 is 5.32 Å². The summed E-state index contributed by atoms with van der Waals surface area (Å²) in [6.07, 6.45) is 1.30. The fraction of sp³-hybridized carbons (Fsp3) is 0.857. The Morgan fingerprint density at radius 1 is 1.73 bits per heavy atom. The molecule has 0 aromatic carbocycles. The summed E-state index contributed by atoms with van der Waals surface area (Å²) in [5, 5.41) is 12.5. The van der Waals surface area contributed by atoms with Gasteiger partial charge in [0.1, 0.15) is 0 Å². The zero-order chi connectivity index (χ0) is 8.32. The standard InChI is InChI=1S/C7H13NO3/c1-11-6(9)7(10)3-2-4-8-5-7/h8,10H,2-5H2,1H3/t7-/m1/s1. The molecule has 0 unspecified atom stereocenters.